The Bertz CT molecular complexity index is 465. The van der Waals surface area contributed by atoms with Gasteiger partial charge in [0.2, 0.25) is 0 Å². The number of nitrogens with two attached hydrogens (primary N) is 1. The minimum atomic E-state index is -0.276. The highest BCUT2D eigenvalue weighted by atomic mass is 19.1. The van der Waals surface area contributed by atoms with Crippen LogP contribution in [-0.2, 0) is 0 Å². The molecule has 0 fully saturated rings. The highest BCUT2D eigenvalue weighted by Gasteiger charge is 2.09. The standard InChI is InChI=1S/C12H14FN3/c1-9(8-14)10-3-4-12(11(13)7-10)16-6-2-5-15-16/h2-7,9H,8,14H2,1H3. The number of rotatable bonds is 3. The number of nitrogens with zero attached hydrogens (tertiary/aromatic N) is 2. The molecule has 0 bridgehead atoms. The van der Waals surface area contributed by atoms with Crippen molar-refractivity contribution in [2.24, 2.45) is 5.73 Å². The summed E-state index contributed by atoms with van der Waals surface area (Å²) in [6.07, 6.45) is 3.33. The van der Waals surface area contributed by atoms with Crippen LogP contribution >= 0.6 is 0 Å². The van der Waals surface area contributed by atoms with Gasteiger partial charge in [-0.05, 0) is 36.2 Å². The molecular weight excluding hydrogens is 205 g/mol. The van der Waals surface area contributed by atoms with Crippen molar-refractivity contribution in [3.8, 4) is 5.69 Å². The van der Waals surface area contributed by atoms with E-state index in [2.05, 4.69) is 5.10 Å². The summed E-state index contributed by atoms with van der Waals surface area (Å²) in [5, 5.41) is 3.99. The van der Waals surface area contributed by atoms with Crippen LogP contribution in [0.4, 0.5) is 4.39 Å². The average Bonchev–Trinajstić information content (AvgIpc) is 2.81. The molecule has 0 aliphatic carbocycles. The number of hydrogen-bond acceptors (Lipinski definition) is 2. The van der Waals surface area contributed by atoms with Gasteiger partial charge in [-0.1, -0.05) is 13.0 Å². The third-order valence-corrected chi connectivity index (χ3v) is 2.65. The molecule has 0 saturated carbocycles. The summed E-state index contributed by atoms with van der Waals surface area (Å²) < 4.78 is 15.3. The SMILES string of the molecule is CC(CN)c1ccc(-n2cccn2)c(F)c1. The van der Waals surface area contributed by atoms with Gasteiger partial charge in [-0.2, -0.15) is 5.10 Å². The molecule has 0 radical (unpaired) electrons. The number of aromatic nitrogens is 2. The van der Waals surface area contributed by atoms with Crippen LogP contribution in [0.25, 0.3) is 5.69 Å². The average molecular weight is 219 g/mol. The van der Waals surface area contributed by atoms with E-state index in [0.29, 0.717) is 12.2 Å². The van der Waals surface area contributed by atoms with Gasteiger partial charge in [0.1, 0.15) is 11.5 Å². The van der Waals surface area contributed by atoms with Gasteiger partial charge in [0.15, 0.2) is 0 Å². The third kappa shape index (κ3) is 1.97. The van der Waals surface area contributed by atoms with Crippen molar-refractivity contribution in [2.45, 2.75) is 12.8 Å². The summed E-state index contributed by atoms with van der Waals surface area (Å²) in [7, 11) is 0. The van der Waals surface area contributed by atoms with Crippen LogP contribution in [0.5, 0.6) is 0 Å². The summed E-state index contributed by atoms with van der Waals surface area (Å²) in [6, 6.07) is 6.89. The van der Waals surface area contributed by atoms with Crippen LogP contribution in [0, 0.1) is 5.82 Å². The zero-order valence-electron chi connectivity index (χ0n) is 9.10. The fraction of sp³-hybridized carbons (Fsp3) is 0.250. The smallest absolute Gasteiger partial charge is 0.149 e. The Morgan fingerprint density at radius 2 is 2.31 bits per heavy atom. The molecular formula is C12H14FN3. The zero-order chi connectivity index (χ0) is 11.5. The second-order valence-electron chi connectivity index (χ2n) is 3.80. The van der Waals surface area contributed by atoms with Crippen molar-refractivity contribution >= 4 is 0 Å². The van der Waals surface area contributed by atoms with E-state index in [1.54, 1.807) is 24.5 Å². The van der Waals surface area contributed by atoms with E-state index in [4.69, 9.17) is 5.73 Å². The highest BCUT2D eigenvalue weighted by molar-refractivity contribution is 5.36. The molecule has 84 valence electrons. The maximum absolute atomic E-state index is 13.8. The summed E-state index contributed by atoms with van der Waals surface area (Å²) in [5.41, 5.74) is 6.92. The quantitative estimate of drug-likeness (QED) is 0.858. The van der Waals surface area contributed by atoms with Crippen molar-refractivity contribution in [1.82, 2.24) is 9.78 Å². The molecule has 2 rings (SSSR count). The molecule has 1 atom stereocenters. The van der Waals surface area contributed by atoms with Gasteiger partial charge in [0.05, 0.1) is 0 Å². The van der Waals surface area contributed by atoms with Gasteiger partial charge in [-0.3, -0.25) is 0 Å². The van der Waals surface area contributed by atoms with Crippen molar-refractivity contribution in [3.63, 3.8) is 0 Å². The first-order chi connectivity index (χ1) is 7.72. The molecule has 1 aromatic heterocycles. The van der Waals surface area contributed by atoms with Gasteiger partial charge >= 0.3 is 0 Å². The molecule has 3 nitrogen and oxygen atoms in total. The molecule has 4 heteroatoms. The topological polar surface area (TPSA) is 43.8 Å². The molecule has 2 aromatic rings. The van der Waals surface area contributed by atoms with E-state index < -0.39 is 0 Å². The Morgan fingerprint density at radius 1 is 1.50 bits per heavy atom. The van der Waals surface area contributed by atoms with Crippen LogP contribution in [0.3, 0.4) is 0 Å². The van der Waals surface area contributed by atoms with Crippen LogP contribution in [0.15, 0.2) is 36.7 Å². The number of benzene rings is 1. The Morgan fingerprint density at radius 3 is 2.88 bits per heavy atom. The Hall–Kier alpha value is -1.68. The van der Waals surface area contributed by atoms with Crippen molar-refractivity contribution < 1.29 is 4.39 Å². The lowest BCUT2D eigenvalue weighted by Crippen LogP contribution is -2.09. The molecule has 16 heavy (non-hydrogen) atoms. The molecule has 0 amide bonds. The second kappa shape index (κ2) is 4.45. The molecule has 2 N–H and O–H groups in total. The van der Waals surface area contributed by atoms with E-state index in [1.807, 2.05) is 13.0 Å². The number of halogens is 1. The largest absolute Gasteiger partial charge is 0.330 e. The molecule has 1 aromatic carbocycles. The number of hydrogen-bond donors (Lipinski definition) is 1. The van der Waals surface area contributed by atoms with E-state index in [1.165, 1.54) is 10.7 Å². The first-order valence-electron chi connectivity index (χ1n) is 5.22. The fourth-order valence-corrected chi connectivity index (χ4v) is 1.56. The Labute approximate surface area is 93.7 Å². The maximum Gasteiger partial charge on any atom is 0.149 e. The summed E-state index contributed by atoms with van der Waals surface area (Å²) in [6.45, 7) is 2.49. The highest BCUT2D eigenvalue weighted by Crippen LogP contribution is 2.19. The van der Waals surface area contributed by atoms with Crippen LogP contribution in [0.1, 0.15) is 18.4 Å². The third-order valence-electron chi connectivity index (χ3n) is 2.65. The lowest BCUT2D eigenvalue weighted by molar-refractivity contribution is 0.605. The normalized spacial score (nSPS) is 12.7. The van der Waals surface area contributed by atoms with Crippen LogP contribution in [0.2, 0.25) is 0 Å². The van der Waals surface area contributed by atoms with E-state index in [0.717, 1.165) is 5.56 Å². The maximum atomic E-state index is 13.8. The van der Waals surface area contributed by atoms with E-state index in [-0.39, 0.29) is 11.7 Å². The van der Waals surface area contributed by atoms with Crippen molar-refractivity contribution in [3.05, 3.63) is 48.0 Å². The summed E-state index contributed by atoms with van der Waals surface area (Å²) in [4.78, 5) is 0. The van der Waals surface area contributed by atoms with Gasteiger partial charge in [0.25, 0.3) is 0 Å². The van der Waals surface area contributed by atoms with Crippen LogP contribution < -0.4 is 5.73 Å². The van der Waals surface area contributed by atoms with Gasteiger partial charge in [-0.15, -0.1) is 0 Å². The monoisotopic (exact) mass is 219 g/mol. The van der Waals surface area contributed by atoms with Crippen molar-refractivity contribution in [1.29, 1.82) is 0 Å². The first kappa shape index (κ1) is 10.8. The van der Waals surface area contributed by atoms with Gasteiger partial charge in [0, 0.05) is 12.4 Å². The minimum absolute atomic E-state index is 0.168. The molecule has 0 spiro atoms. The fourth-order valence-electron chi connectivity index (χ4n) is 1.56. The van der Waals surface area contributed by atoms with Gasteiger partial charge in [-0.25, -0.2) is 9.07 Å². The predicted molar refractivity (Wildman–Crippen MR) is 61.0 cm³/mol. The summed E-state index contributed by atoms with van der Waals surface area (Å²) >= 11 is 0. The minimum Gasteiger partial charge on any atom is -0.330 e. The van der Waals surface area contributed by atoms with Gasteiger partial charge < -0.3 is 5.73 Å². The second-order valence-corrected chi connectivity index (χ2v) is 3.80. The Kier molecular flexibility index (Phi) is 3.01. The molecule has 1 unspecified atom stereocenters. The Balaban J connectivity index is 2.37. The van der Waals surface area contributed by atoms with E-state index in [9.17, 15) is 4.39 Å². The van der Waals surface area contributed by atoms with Crippen molar-refractivity contribution in [2.75, 3.05) is 6.54 Å². The molecule has 0 aliphatic heterocycles. The first-order valence-corrected chi connectivity index (χ1v) is 5.22. The predicted octanol–water partition coefficient (Wildman–Crippen LogP) is 2.07. The molecule has 0 aliphatic rings. The lowest BCUT2D eigenvalue weighted by Gasteiger charge is -2.10. The van der Waals surface area contributed by atoms with E-state index >= 15 is 0 Å². The summed E-state index contributed by atoms with van der Waals surface area (Å²) in [5.74, 6) is -0.109. The molecule has 0 saturated heterocycles. The van der Waals surface area contributed by atoms with Crippen LogP contribution in [-0.4, -0.2) is 16.3 Å². The zero-order valence-corrected chi connectivity index (χ0v) is 9.10. The molecule has 1 heterocycles. The lowest BCUT2D eigenvalue weighted by atomic mass is 10.0.